The van der Waals surface area contributed by atoms with Crippen molar-refractivity contribution in [2.75, 3.05) is 19.6 Å². The molecule has 0 aromatic rings. The number of amides is 1. The van der Waals surface area contributed by atoms with Crippen LogP contribution in [0.4, 0.5) is 0 Å². The smallest absolute Gasteiger partial charge is 0.243 e. The van der Waals surface area contributed by atoms with Gasteiger partial charge in [-0.25, -0.2) is 0 Å². The highest BCUT2D eigenvalue weighted by Crippen LogP contribution is 2.01. The van der Waals surface area contributed by atoms with Gasteiger partial charge in [-0.15, -0.1) is 0 Å². The lowest BCUT2D eigenvalue weighted by Crippen LogP contribution is -2.43. The van der Waals surface area contributed by atoms with Crippen LogP contribution in [0.3, 0.4) is 0 Å². The minimum atomic E-state index is -0.203. The average molecular weight is 209 g/mol. The number of hydrogen-bond acceptors (Lipinski definition) is 4. The topological polar surface area (TPSA) is 61.8 Å². The van der Waals surface area contributed by atoms with Gasteiger partial charge in [0.15, 0.2) is 12.1 Å². The van der Waals surface area contributed by atoms with Crippen molar-refractivity contribution in [3.8, 4) is 0 Å². The maximum Gasteiger partial charge on any atom is 0.243 e. The molecule has 1 unspecified atom stereocenters. The zero-order chi connectivity index (χ0) is 11.3. The molecule has 0 aromatic heterocycles. The standard InChI is InChI=1S/C10H15N3O2/c1-3-10(15)12-8(2)6-13-5-4-11-9(13)7-14/h3,7-8H,1,4-6H2,2H3,(H,12,15). The lowest BCUT2D eigenvalue weighted by molar-refractivity contribution is -0.117. The second-order valence-electron chi connectivity index (χ2n) is 3.42. The molecule has 15 heavy (non-hydrogen) atoms. The summed E-state index contributed by atoms with van der Waals surface area (Å²) >= 11 is 0. The monoisotopic (exact) mass is 209 g/mol. The van der Waals surface area contributed by atoms with Gasteiger partial charge >= 0.3 is 0 Å². The van der Waals surface area contributed by atoms with E-state index in [4.69, 9.17) is 0 Å². The van der Waals surface area contributed by atoms with Crippen molar-refractivity contribution in [1.82, 2.24) is 10.2 Å². The molecule has 0 aromatic carbocycles. The molecule has 1 aliphatic rings. The number of nitrogens with zero attached hydrogens (tertiary/aromatic N) is 2. The summed E-state index contributed by atoms with van der Waals surface area (Å²) < 4.78 is 0. The third-order valence-corrected chi connectivity index (χ3v) is 2.14. The Bertz CT molecular complexity index is 299. The SMILES string of the molecule is C=CC(=O)NC(C)CN1CCN=C1C=O. The first-order valence-corrected chi connectivity index (χ1v) is 4.85. The molecular formula is C10H15N3O2. The van der Waals surface area contributed by atoms with E-state index in [1.807, 2.05) is 11.8 Å². The Morgan fingerprint density at radius 2 is 2.53 bits per heavy atom. The number of hydrogen-bond donors (Lipinski definition) is 1. The van der Waals surface area contributed by atoms with Crippen LogP contribution in [0.1, 0.15) is 6.92 Å². The minimum absolute atomic E-state index is 0.0289. The van der Waals surface area contributed by atoms with E-state index in [9.17, 15) is 9.59 Å². The number of nitrogens with one attached hydrogen (secondary N) is 1. The fourth-order valence-electron chi connectivity index (χ4n) is 1.47. The first kappa shape index (κ1) is 11.4. The van der Waals surface area contributed by atoms with Gasteiger partial charge in [0, 0.05) is 19.1 Å². The molecule has 1 atom stereocenters. The molecule has 1 aliphatic heterocycles. The number of rotatable bonds is 5. The summed E-state index contributed by atoms with van der Waals surface area (Å²) in [5.74, 6) is 0.265. The van der Waals surface area contributed by atoms with E-state index in [1.54, 1.807) is 0 Å². The second-order valence-corrected chi connectivity index (χ2v) is 3.42. The molecule has 0 bridgehead atoms. The number of carbonyl (C=O) groups excluding carboxylic acids is 2. The molecule has 1 N–H and O–H groups in total. The summed E-state index contributed by atoms with van der Waals surface area (Å²) in [5.41, 5.74) is 0. The van der Waals surface area contributed by atoms with Crippen molar-refractivity contribution in [2.24, 2.45) is 4.99 Å². The number of carbonyl (C=O) groups is 2. The van der Waals surface area contributed by atoms with Gasteiger partial charge in [0.05, 0.1) is 6.54 Å². The van der Waals surface area contributed by atoms with Crippen molar-refractivity contribution in [3.05, 3.63) is 12.7 Å². The zero-order valence-electron chi connectivity index (χ0n) is 8.77. The summed E-state index contributed by atoms with van der Waals surface area (Å²) in [5, 5.41) is 2.73. The predicted molar refractivity (Wildman–Crippen MR) is 57.7 cm³/mol. The summed E-state index contributed by atoms with van der Waals surface area (Å²) in [4.78, 5) is 27.5. The lowest BCUT2D eigenvalue weighted by atomic mass is 10.3. The summed E-state index contributed by atoms with van der Waals surface area (Å²) in [6.45, 7) is 7.23. The van der Waals surface area contributed by atoms with Crippen LogP contribution in [-0.4, -0.2) is 48.6 Å². The third kappa shape index (κ3) is 3.19. The number of amidine groups is 1. The fourth-order valence-corrected chi connectivity index (χ4v) is 1.47. The highest BCUT2D eigenvalue weighted by atomic mass is 16.1. The molecule has 0 radical (unpaired) electrons. The molecule has 0 saturated carbocycles. The van der Waals surface area contributed by atoms with Crippen LogP contribution in [0.15, 0.2) is 17.6 Å². The van der Waals surface area contributed by atoms with Gasteiger partial charge < -0.3 is 10.2 Å². The van der Waals surface area contributed by atoms with E-state index < -0.39 is 0 Å². The first-order valence-electron chi connectivity index (χ1n) is 4.85. The largest absolute Gasteiger partial charge is 0.350 e. The zero-order valence-corrected chi connectivity index (χ0v) is 8.77. The molecule has 5 nitrogen and oxygen atoms in total. The molecule has 0 saturated heterocycles. The molecule has 82 valence electrons. The van der Waals surface area contributed by atoms with E-state index in [-0.39, 0.29) is 11.9 Å². The van der Waals surface area contributed by atoms with E-state index in [0.29, 0.717) is 18.9 Å². The quantitative estimate of drug-likeness (QED) is 0.494. The predicted octanol–water partition coefficient (Wildman–Crippen LogP) is -0.410. The van der Waals surface area contributed by atoms with Crippen molar-refractivity contribution in [3.63, 3.8) is 0 Å². The van der Waals surface area contributed by atoms with Gasteiger partial charge in [0.1, 0.15) is 0 Å². The van der Waals surface area contributed by atoms with Crippen molar-refractivity contribution in [2.45, 2.75) is 13.0 Å². The highest BCUT2D eigenvalue weighted by molar-refractivity contribution is 6.27. The summed E-state index contributed by atoms with van der Waals surface area (Å²) in [7, 11) is 0. The molecule has 0 spiro atoms. The van der Waals surface area contributed by atoms with Crippen molar-refractivity contribution in [1.29, 1.82) is 0 Å². The van der Waals surface area contributed by atoms with Crippen molar-refractivity contribution < 1.29 is 9.59 Å². The normalized spacial score (nSPS) is 16.9. The lowest BCUT2D eigenvalue weighted by Gasteiger charge is -2.22. The number of aliphatic imine (C=N–C) groups is 1. The van der Waals surface area contributed by atoms with Gasteiger partial charge in [0.2, 0.25) is 5.91 Å². The molecule has 5 heteroatoms. The molecule has 0 aliphatic carbocycles. The van der Waals surface area contributed by atoms with Crippen LogP contribution >= 0.6 is 0 Å². The third-order valence-electron chi connectivity index (χ3n) is 2.14. The van der Waals surface area contributed by atoms with Crippen LogP contribution < -0.4 is 5.32 Å². The Balaban J connectivity index is 2.41. The van der Waals surface area contributed by atoms with Gasteiger partial charge in [-0.2, -0.15) is 0 Å². The van der Waals surface area contributed by atoms with Crippen LogP contribution in [0, 0.1) is 0 Å². The Labute approximate surface area is 88.9 Å². The Morgan fingerprint density at radius 1 is 1.80 bits per heavy atom. The van der Waals surface area contributed by atoms with Crippen LogP contribution in [-0.2, 0) is 9.59 Å². The maximum atomic E-state index is 11.0. The number of aldehydes is 1. The first-order chi connectivity index (χ1) is 7.17. The van der Waals surface area contributed by atoms with Gasteiger partial charge in [-0.3, -0.25) is 14.6 Å². The van der Waals surface area contributed by atoms with Gasteiger partial charge in [-0.05, 0) is 13.0 Å². The van der Waals surface area contributed by atoms with Crippen LogP contribution in [0.25, 0.3) is 0 Å². The Morgan fingerprint density at radius 3 is 3.13 bits per heavy atom. The molecular weight excluding hydrogens is 194 g/mol. The molecule has 1 rings (SSSR count). The fraction of sp³-hybridized carbons (Fsp3) is 0.500. The van der Waals surface area contributed by atoms with Crippen LogP contribution in [0.5, 0.6) is 0 Å². The second kappa shape index (κ2) is 5.29. The Kier molecular flexibility index (Phi) is 4.03. The summed E-state index contributed by atoms with van der Waals surface area (Å²) in [6, 6.07) is -0.0289. The van der Waals surface area contributed by atoms with E-state index in [2.05, 4.69) is 16.9 Å². The molecule has 1 heterocycles. The average Bonchev–Trinajstić information content (AvgIpc) is 2.64. The summed E-state index contributed by atoms with van der Waals surface area (Å²) in [6.07, 6.45) is 1.98. The van der Waals surface area contributed by atoms with E-state index in [0.717, 1.165) is 12.8 Å². The maximum absolute atomic E-state index is 11.0. The molecule has 1 amide bonds. The Hall–Kier alpha value is -1.65. The van der Waals surface area contributed by atoms with E-state index >= 15 is 0 Å². The van der Waals surface area contributed by atoms with Gasteiger partial charge in [0.25, 0.3) is 0 Å². The highest BCUT2D eigenvalue weighted by Gasteiger charge is 2.18. The van der Waals surface area contributed by atoms with Crippen LogP contribution in [0.2, 0.25) is 0 Å². The minimum Gasteiger partial charge on any atom is -0.350 e. The van der Waals surface area contributed by atoms with E-state index in [1.165, 1.54) is 6.08 Å². The van der Waals surface area contributed by atoms with Gasteiger partial charge in [-0.1, -0.05) is 6.58 Å². The molecule has 0 fully saturated rings. The van der Waals surface area contributed by atoms with Crippen molar-refractivity contribution >= 4 is 18.0 Å².